The lowest BCUT2D eigenvalue weighted by Crippen LogP contribution is -2.36. The molecule has 1 amide bonds. The van der Waals surface area contributed by atoms with Crippen LogP contribution in [0.5, 0.6) is 5.75 Å². The lowest BCUT2D eigenvalue weighted by molar-refractivity contribution is -0.130. The summed E-state index contributed by atoms with van der Waals surface area (Å²) in [5, 5.41) is 0. The smallest absolute Gasteiger partial charge is 0.225 e. The van der Waals surface area contributed by atoms with Gasteiger partial charge in [-0.05, 0) is 12.1 Å². The Bertz CT molecular complexity index is 423. The topological polar surface area (TPSA) is 55.6 Å². The Balaban J connectivity index is 2.29. The monoisotopic (exact) mass is 280 g/mol. The molecule has 0 aliphatic carbocycles. The van der Waals surface area contributed by atoms with Gasteiger partial charge in [0, 0.05) is 19.5 Å². The van der Waals surface area contributed by atoms with E-state index in [4.69, 9.17) is 22.7 Å². The number of rotatable bonds is 7. The lowest BCUT2D eigenvalue weighted by Gasteiger charge is -2.21. The van der Waals surface area contributed by atoms with Crippen molar-refractivity contribution in [2.45, 2.75) is 13.3 Å². The summed E-state index contributed by atoms with van der Waals surface area (Å²) in [5.41, 5.74) is 5.53. The molecular formula is C14H20N2O2S. The highest BCUT2D eigenvalue weighted by molar-refractivity contribution is 7.80. The van der Waals surface area contributed by atoms with Crippen molar-refractivity contribution in [3.05, 3.63) is 30.3 Å². The maximum Gasteiger partial charge on any atom is 0.225 e. The van der Waals surface area contributed by atoms with Gasteiger partial charge in [-0.25, -0.2) is 0 Å². The van der Waals surface area contributed by atoms with Crippen molar-refractivity contribution in [2.24, 2.45) is 11.7 Å². The molecule has 5 heteroatoms. The molecule has 4 nitrogen and oxygen atoms in total. The van der Waals surface area contributed by atoms with Crippen LogP contribution in [0.3, 0.4) is 0 Å². The van der Waals surface area contributed by atoms with Crippen molar-refractivity contribution in [1.29, 1.82) is 0 Å². The third kappa shape index (κ3) is 5.70. The summed E-state index contributed by atoms with van der Waals surface area (Å²) in [6, 6.07) is 9.44. The number of carbonyl (C=O) groups excluding carboxylic acids is 1. The van der Waals surface area contributed by atoms with E-state index in [2.05, 4.69) is 0 Å². The molecule has 104 valence electrons. The zero-order chi connectivity index (χ0) is 14.3. The van der Waals surface area contributed by atoms with Crippen molar-refractivity contribution in [3.8, 4) is 5.75 Å². The third-order valence-corrected chi connectivity index (χ3v) is 3.19. The van der Waals surface area contributed by atoms with E-state index in [0.29, 0.717) is 24.6 Å². The van der Waals surface area contributed by atoms with Crippen LogP contribution >= 0.6 is 12.2 Å². The molecule has 0 spiro atoms. The fourth-order valence-corrected chi connectivity index (χ4v) is 1.64. The highest BCUT2D eigenvalue weighted by atomic mass is 32.1. The van der Waals surface area contributed by atoms with Crippen LogP contribution in [-0.4, -0.2) is 36.0 Å². The number of hydrogen-bond acceptors (Lipinski definition) is 3. The number of thiocarbonyl (C=S) groups is 1. The summed E-state index contributed by atoms with van der Waals surface area (Å²) < 4.78 is 5.48. The van der Waals surface area contributed by atoms with Gasteiger partial charge in [-0.2, -0.15) is 0 Å². The maximum atomic E-state index is 11.9. The summed E-state index contributed by atoms with van der Waals surface area (Å²) in [6.45, 7) is 2.82. The van der Waals surface area contributed by atoms with Gasteiger partial charge in [-0.1, -0.05) is 37.3 Å². The molecule has 0 saturated heterocycles. The Morgan fingerprint density at radius 2 is 2.05 bits per heavy atom. The highest BCUT2D eigenvalue weighted by Crippen LogP contribution is 2.09. The summed E-state index contributed by atoms with van der Waals surface area (Å²) in [5.74, 6) is 0.826. The molecule has 1 aromatic carbocycles. The van der Waals surface area contributed by atoms with Crippen LogP contribution in [0.2, 0.25) is 0 Å². The number of amides is 1. The fraction of sp³-hybridized carbons (Fsp3) is 0.429. The van der Waals surface area contributed by atoms with Crippen molar-refractivity contribution < 1.29 is 9.53 Å². The van der Waals surface area contributed by atoms with Crippen molar-refractivity contribution >= 4 is 23.1 Å². The van der Waals surface area contributed by atoms with Gasteiger partial charge in [0.2, 0.25) is 5.91 Å². The Kier molecular flexibility index (Phi) is 6.29. The van der Waals surface area contributed by atoms with Gasteiger partial charge in [-0.15, -0.1) is 0 Å². The first kappa shape index (κ1) is 15.4. The van der Waals surface area contributed by atoms with Crippen LogP contribution in [0.15, 0.2) is 30.3 Å². The van der Waals surface area contributed by atoms with Crippen molar-refractivity contribution in [1.82, 2.24) is 4.90 Å². The fourth-order valence-electron chi connectivity index (χ4n) is 1.57. The second-order valence-electron chi connectivity index (χ2n) is 4.49. The second kappa shape index (κ2) is 7.74. The molecule has 0 saturated carbocycles. The molecule has 19 heavy (non-hydrogen) atoms. The first-order chi connectivity index (χ1) is 9.00. The predicted octanol–water partition coefficient (Wildman–Crippen LogP) is 1.84. The van der Waals surface area contributed by atoms with Gasteiger partial charge in [0.1, 0.15) is 5.75 Å². The highest BCUT2D eigenvalue weighted by Gasteiger charge is 2.13. The van der Waals surface area contributed by atoms with Gasteiger partial charge < -0.3 is 15.4 Å². The van der Waals surface area contributed by atoms with Crippen LogP contribution in [0.4, 0.5) is 0 Å². The van der Waals surface area contributed by atoms with Gasteiger partial charge in [0.15, 0.2) is 0 Å². The van der Waals surface area contributed by atoms with Crippen LogP contribution < -0.4 is 10.5 Å². The zero-order valence-corrected chi connectivity index (χ0v) is 12.2. The third-order valence-electron chi connectivity index (χ3n) is 2.79. The number of nitrogens with two attached hydrogens (primary N) is 1. The van der Waals surface area contributed by atoms with E-state index in [1.54, 1.807) is 11.9 Å². The molecule has 1 rings (SSSR count). The molecule has 1 aromatic rings. The molecule has 0 bridgehead atoms. The summed E-state index contributed by atoms with van der Waals surface area (Å²) in [4.78, 5) is 13.9. The average molecular weight is 280 g/mol. The molecule has 0 radical (unpaired) electrons. The number of ether oxygens (including phenoxy) is 1. The van der Waals surface area contributed by atoms with Gasteiger partial charge >= 0.3 is 0 Å². The Hall–Kier alpha value is -1.62. The summed E-state index contributed by atoms with van der Waals surface area (Å²) >= 11 is 4.89. The quantitative estimate of drug-likeness (QED) is 0.774. The van der Waals surface area contributed by atoms with E-state index >= 15 is 0 Å². The van der Waals surface area contributed by atoms with Crippen LogP contribution in [0.25, 0.3) is 0 Å². The Morgan fingerprint density at radius 1 is 1.42 bits per heavy atom. The number of carbonyl (C=O) groups is 1. The SMILES string of the molecule is CC(CN(C)C(=O)CCOc1ccccc1)C(N)=S. The van der Waals surface area contributed by atoms with Gasteiger partial charge in [-0.3, -0.25) is 4.79 Å². The van der Waals surface area contributed by atoms with Crippen molar-refractivity contribution in [2.75, 3.05) is 20.2 Å². The molecular weight excluding hydrogens is 260 g/mol. The molecule has 0 aliphatic rings. The summed E-state index contributed by atoms with van der Waals surface area (Å²) in [6.07, 6.45) is 0.343. The molecule has 0 aromatic heterocycles. The Labute approximate surface area is 119 Å². The largest absolute Gasteiger partial charge is 0.493 e. The Morgan fingerprint density at radius 3 is 2.63 bits per heavy atom. The lowest BCUT2D eigenvalue weighted by atomic mass is 10.1. The van der Waals surface area contributed by atoms with E-state index in [0.717, 1.165) is 5.75 Å². The van der Waals surface area contributed by atoms with Gasteiger partial charge in [0.25, 0.3) is 0 Å². The number of benzene rings is 1. The first-order valence-corrected chi connectivity index (χ1v) is 6.62. The zero-order valence-electron chi connectivity index (χ0n) is 11.3. The molecule has 1 atom stereocenters. The molecule has 1 unspecified atom stereocenters. The van der Waals surface area contributed by atoms with E-state index in [-0.39, 0.29) is 11.8 Å². The van der Waals surface area contributed by atoms with Crippen molar-refractivity contribution in [3.63, 3.8) is 0 Å². The van der Waals surface area contributed by atoms with Crippen LogP contribution in [0, 0.1) is 5.92 Å². The molecule has 2 N–H and O–H groups in total. The first-order valence-electron chi connectivity index (χ1n) is 6.22. The second-order valence-corrected chi connectivity index (χ2v) is 4.96. The van der Waals surface area contributed by atoms with E-state index in [9.17, 15) is 4.79 Å². The average Bonchev–Trinajstić information content (AvgIpc) is 2.39. The minimum Gasteiger partial charge on any atom is -0.493 e. The predicted molar refractivity (Wildman–Crippen MR) is 80.1 cm³/mol. The minimum absolute atomic E-state index is 0.0268. The number of hydrogen-bond donors (Lipinski definition) is 1. The van der Waals surface area contributed by atoms with Crippen LogP contribution in [0.1, 0.15) is 13.3 Å². The summed E-state index contributed by atoms with van der Waals surface area (Å²) in [7, 11) is 1.75. The van der Waals surface area contributed by atoms with E-state index in [1.807, 2.05) is 37.3 Å². The number of para-hydroxylation sites is 1. The minimum atomic E-state index is 0.0268. The molecule has 0 aliphatic heterocycles. The molecule has 0 fully saturated rings. The van der Waals surface area contributed by atoms with Gasteiger partial charge in [0.05, 0.1) is 18.0 Å². The maximum absolute atomic E-state index is 11.9. The normalized spacial score (nSPS) is 11.7. The van der Waals surface area contributed by atoms with E-state index in [1.165, 1.54) is 0 Å². The van der Waals surface area contributed by atoms with E-state index < -0.39 is 0 Å². The van der Waals surface area contributed by atoms with Crippen LogP contribution in [-0.2, 0) is 4.79 Å². The molecule has 0 heterocycles. The number of nitrogens with zero attached hydrogens (tertiary/aromatic N) is 1. The standard InChI is InChI=1S/C14H20N2O2S/c1-11(14(15)19)10-16(2)13(17)8-9-18-12-6-4-3-5-7-12/h3-7,11H,8-10H2,1-2H3,(H2,15,19).